The zero-order valence-corrected chi connectivity index (χ0v) is 11.2. The molecule has 3 heteroatoms. The van der Waals surface area contributed by atoms with Crippen LogP contribution in [0, 0.1) is 11.8 Å². The van der Waals surface area contributed by atoms with Crippen molar-refractivity contribution in [2.45, 2.75) is 26.3 Å². The van der Waals surface area contributed by atoms with E-state index in [9.17, 15) is 4.79 Å². The van der Waals surface area contributed by atoms with Crippen molar-refractivity contribution < 1.29 is 4.79 Å². The average Bonchev–Trinajstić information content (AvgIpc) is 2.54. The van der Waals surface area contributed by atoms with Crippen molar-refractivity contribution in [3.63, 3.8) is 0 Å². The molecule has 3 nitrogen and oxygen atoms in total. The molecular weight excluding hydrogens is 224 g/mol. The molecule has 2 aliphatic heterocycles. The molecule has 0 aromatic heterocycles. The quantitative estimate of drug-likeness (QED) is 0.761. The van der Waals surface area contributed by atoms with Crippen LogP contribution in [0.4, 0.5) is 5.69 Å². The Hall–Kier alpha value is -1.51. The number of hydrogen-bond donors (Lipinski definition) is 1. The van der Waals surface area contributed by atoms with Gasteiger partial charge in [0.05, 0.1) is 11.1 Å². The molecule has 0 spiro atoms. The summed E-state index contributed by atoms with van der Waals surface area (Å²) in [6, 6.07) is 7.82. The van der Waals surface area contributed by atoms with Crippen LogP contribution in [0.15, 0.2) is 24.3 Å². The van der Waals surface area contributed by atoms with Crippen LogP contribution >= 0.6 is 0 Å². The summed E-state index contributed by atoms with van der Waals surface area (Å²) in [4.78, 5) is 14.8. The second kappa shape index (κ2) is 3.74. The van der Waals surface area contributed by atoms with Crippen LogP contribution in [-0.4, -0.2) is 29.4 Å². The predicted molar refractivity (Wildman–Crippen MR) is 72.7 cm³/mol. The number of rotatable bonds is 0. The van der Waals surface area contributed by atoms with Gasteiger partial charge in [-0.15, -0.1) is 0 Å². The van der Waals surface area contributed by atoms with Crippen molar-refractivity contribution in [1.82, 2.24) is 4.90 Å². The fourth-order valence-corrected chi connectivity index (χ4v) is 3.33. The van der Waals surface area contributed by atoms with E-state index < -0.39 is 0 Å². The number of para-hydroxylation sites is 1. The minimum atomic E-state index is -0.0739. The molecule has 2 aliphatic rings. The fourth-order valence-electron chi connectivity index (χ4n) is 3.33. The van der Waals surface area contributed by atoms with E-state index in [0.29, 0.717) is 11.8 Å². The number of nitrogens with zero attached hydrogens (tertiary/aromatic N) is 1. The van der Waals surface area contributed by atoms with Gasteiger partial charge in [0.25, 0.3) is 5.91 Å². The van der Waals surface area contributed by atoms with E-state index in [0.717, 1.165) is 24.3 Å². The first kappa shape index (κ1) is 11.6. The van der Waals surface area contributed by atoms with E-state index in [2.05, 4.69) is 31.0 Å². The van der Waals surface area contributed by atoms with Crippen LogP contribution < -0.4 is 5.32 Å². The molecule has 1 saturated heterocycles. The molecule has 0 radical (unpaired) electrons. The number of carbonyl (C=O) groups excluding carboxylic acids is 1. The van der Waals surface area contributed by atoms with Gasteiger partial charge in [-0.2, -0.15) is 0 Å². The van der Waals surface area contributed by atoms with Crippen molar-refractivity contribution in [1.29, 1.82) is 0 Å². The number of fused-ring (bicyclic) bond motifs is 2. The summed E-state index contributed by atoms with van der Waals surface area (Å²) in [6.07, 6.45) is 0. The fraction of sp³-hybridized carbons (Fsp3) is 0.533. The van der Waals surface area contributed by atoms with Crippen molar-refractivity contribution in [2.75, 3.05) is 18.4 Å². The third-order valence-corrected chi connectivity index (χ3v) is 4.96. The Morgan fingerprint density at radius 1 is 1.33 bits per heavy atom. The summed E-state index contributed by atoms with van der Waals surface area (Å²) in [5, 5.41) is 3.46. The Kier molecular flexibility index (Phi) is 2.40. The lowest BCUT2D eigenvalue weighted by Crippen LogP contribution is -2.50. The summed E-state index contributed by atoms with van der Waals surface area (Å²) >= 11 is 0. The highest BCUT2D eigenvalue weighted by atomic mass is 16.2. The number of nitrogens with one attached hydrogen (secondary N) is 1. The third kappa shape index (κ3) is 1.39. The second-order valence-corrected chi connectivity index (χ2v) is 5.94. The van der Waals surface area contributed by atoms with Crippen molar-refractivity contribution in [2.24, 2.45) is 11.8 Å². The smallest absolute Gasteiger partial charge is 0.256 e. The van der Waals surface area contributed by atoms with E-state index in [-0.39, 0.29) is 11.4 Å². The van der Waals surface area contributed by atoms with E-state index >= 15 is 0 Å². The number of benzene rings is 1. The largest absolute Gasteiger partial charge is 0.382 e. The Labute approximate surface area is 108 Å². The van der Waals surface area contributed by atoms with Gasteiger partial charge >= 0.3 is 0 Å². The van der Waals surface area contributed by atoms with Gasteiger partial charge in [-0.05, 0) is 30.9 Å². The lowest BCUT2D eigenvalue weighted by Gasteiger charge is -2.36. The lowest BCUT2D eigenvalue weighted by molar-refractivity contribution is 0.0611. The van der Waals surface area contributed by atoms with Crippen LogP contribution in [0.2, 0.25) is 0 Å². The molecule has 3 rings (SSSR count). The highest BCUT2D eigenvalue weighted by Gasteiger charge is 2.50. The van der Waals surface area contributed by atoms with Gasteiger partial charge in [0.2, 0.25) is 0 Å². The molecule has 1 fully saturated rings. The van der Waals surface area contributed by atoms with Gasteiger partial charge in [-0.3, -0.25) is 4.79 Å². The monoisotopic (exact) mass is 244 g/mol. The minimum Gasteiger partial charge on any atom is -0.382 e. The minimum absolute atomic E-state index is 0.0739. The molecule has 1 aromatic carbocycles. The summed E-state index contributed by atoms with van der Waals surface area (Å²) in [7, 11) is 0. The van der Waals surface area contributed by atoms with Crippen molar-refractivity contribution >= 4 is 11.6 Å². The Morgan fingerprint density at radius 3 is 2.83 bits per heavy atom. The molecule has 0 saturated carbocycles. The van der Waals surface area contributed by atoms with Gasteiger partial charge < -0.3 is 10.2 Å². The molecule has 3 atom stereocenters. The Bertz CT molecular complexity index is 499. The maximum atomic E-state index is 12.7. The van der Waals surface area contributed by atoms with Crippen LogP contribution in [0.25, 0.3) is 0 Å². The van der Waals surface area contributed by atoms with Gasteiger partial charge in [0, 0.05) is 18.8 Å². The molecule has 3 unspecified atom stereocenters. The zero-order valence-electron chi connectivity index (χ0n) is 11.2. The normalized spacial score (nSPS) is 34.6. The summed E-state index contributed by atoms with van der Waals surface area (Å²) < 4.78 is 0. The first-order valence-electron chi connectivity index (χ1n) is 6.69. The Balaban J connectivity index is 2.08. The number of hydrogen-bond acceptors (Lipinski definition) is 2. The number of anilines is 1. The highest BCUT2D eigenvalue weighted by molar-refractivity contribution is 6.01. The lowest BCUT2D eigenvalue weighted by atomic mass is 9.83. The zero-order chi connectivity index (χ0) is 12.9. The summed E-state index contributed by atoms with van der Waals surface area (Å²) in [5.41, 5.74) is 1.70. The van der Waals surface area contributed by atoms with E-state index in [1.807, 2.05) is 24.3 Å². The summed E-state index contributed by atoms with van der Waals surface area (Å²) in [5.74, 6) is 1.25. The van der Waals surface area contributed by atoms with Gasteiger partial charge in [0.15, 0.2) is 0 Å². The average molecular weight is 244 g/mol. The molecule has 1 aromatic rings. The van der Waals surface area contributed by atoms with Crippen LogP contribution in [0.1, 0.15) is 31.1 Å². The molecule has 0 bridgehead atoms. The van der Waals surface area contributed by atoms with Gasteiger partial charge in [-0.1, -0.05) is 26.0 Å². The van der Waals surface area contributed by atoms with Crippen molar-refractivity contribution in [3.05, 3.63) is 29.8 Å². The van der Waals surface area contributed by atoms with Crippen molar-refractivity contribution in [3.8, 4) is 0 Å². The predicted octanol–water partition coefficient (Wildman–Crippen LogP) is 2.60. The molecule has 96 valence electrons. The number of carbonyl (C=O) groups is 1. The molecule has 2 heterocycles. The first-order chi connectivity index (χ1) is 8.54. The first-order valence-corrected chi connectivity index (χ1v) is 6.69. The standard InChI is InChI=1S/C15H20N2O/c1-10-8-17-14(18)12-6-4-5-7-13(12)16-9-15(17,3)11(10)2/h4-7,10-11,16H,8-9H2,1-3H3. The highest BCUT2D eigenvalue weighted by Crippen LogP contribution is 2.41. The number of amides is 1. The molecule has 1 amide bonds. The van der Waals surface area contributed by atoms with Gasteiger partial charge in [0.1, 0.15) is 0 Å². The van der Waals surface area contributed by atoms with Crippen LogP contribution in [0.3, 0.4) is 0 Å². The molecule has 0 aliphatic carbocycles. The van der Waals surface area contributed by atoms with Crippen LogP contribution in [0.5, 0.6) is 0 Å². The maximum Gasteiger partial charge on any atom is 0.256 e. The van der Waals surface area contributed by atoms with E-state index in [4.69, 9.17) is 0 Å². The Morgan fingerprint density at radius 2 is 2.06 bits per heavy atom. The molecule has 1 N–H and O–H groups in total. The van der Waals surface area contributed by atoms with E-state index in [1.54, 1.807) is 0 Å². The van der Waals surface area contributed by atoms with Crippen LogP contribution in [-0.2, 0) is 0 Å². The van der Waals surface area contributed by atoms with E-state index in [1.165, 1.54) is 0 Å². The SMILES string of the molecule is CC1CN2C(=O)c3ccccc3NCC2(C)C1C. The summed E-state index contributed by atoms with van der Waals surface area (Å²) in [6.45, 7) is 8.41. The molecule has 18 heavy (non-hydrogen) atoms. The molecular formula is C15H20N2O. The maximum absolute atomic E-state index is 12.7. The second-order valence-electron chi connectivity index (χ2n) is 5.94. The third-order valence-electron chi connectivity index (χ3n) is 4.96. The van der Waals surface area contributed by atoms with Gasteiger partial charge in [-0.25, -0.2) is 0 Å². The topological polar surface area (TPSA) is 32.3 Å².